The molecule has 1 amide bonds. The number of benzene rings is 1. The zero-order valence-electron chi connectivity index (χ0n) is 15.5. The van der Waals surface area contributed by atoms with Gasteiger partial charge in [-0.1, -0.05) is 19.1 Å². The molecule has 2 N–H and O–H groups in total. The van der Waals surface area contributed by atoms with Gasteiger partial charge >= 0.3 is 0 Å². The van der Waals surface area contributed by atoms with Crippen LogP contribution in [-0.2, 0) is 16.6 Å². The lowest BCUT2D eigenvalue weighted by molar-refractivity contribution is 0.0690. The van der Waals surface area contributed by atoms with E-state index in [0.717, 1.165) is 44.6 Å². The summed E-state index contributed by atoms with van der Waals surface area (Å²) in [6.07, 6.45) is 2.07. The van der Waals surface area contributed by atoms with Crippen LogP contribution in [0, 0.1) is 5.92 Å². The molecule has 1 fully saturated rings. The molecule has 1 saturated heterocycles. The van der Waals surface area contributed by atoms with Gasteiger partial charge in [-0.25, -0.2) is 13.1 Å². The van der Waals surface area contributed by atoms with Crippen LogP contribution in [0.2, 0.25) is 0 Å². The molecule has 0 bridgehead atoms. The molecular formula is C18H30ClN3O3S. The number of nitrogens with one attached hydrogen (secondary N) is 2. The van der Waals surface area contributed by atoms with E-state index in [4.69, 9.17) is 0 Å². The monoisotopic (exact) mass is 403 g/mol. The average molecular weight is 404 g/mol. The van der Waals surface area contributed by atoms with Crippen molar-refractivity contribution in [3.8, 4) is 0 Å². The molecule has 0 aliphatic carbocycles. The zero-order valence-corrected chi connectivity index (χ0v) is 17.2. The Bertz CT molecular complexity index is 657. The van der Waals surface area contributed by atoms with Crippen LogP contribution in [-0.4, -0.2) is 51.2 Å². The number of hydrogen-bond acceptors (Lipinski definition) is 4. The molecule has 1 aromatic carbocycles. The largest absolute Gasteiger partial charge is 0.339 e. The molecular weight excluding hydrogens is 374 g/mol. The minimum atomic E-state index is -3.20. The second kappa shape index (κ2) is 10.9. The minimum absolute atomic E-state index is 0. The van der Waals surface area contributed by atoms with Crippen LogP contribution in [0.15, 0.2) is 24.3 Å². The van der Waals surface area contributed by atoms with Gasteiger partial charge in [0.2, 0.25) is 10.0 Å². The quantitative estimate of drug-likeness (QED) is 0.695. The Morgan fingerprint density at radius 2 is 1.77 bits per heavy atom. The highest BCUT2D eigenvalue weighted by Gasteiger charge is 2.23. The summed E-state index contributed by atoms with van der Waals surface area (Å²) in [6.45, 7) is 7.57. The first-order valence-corrected chi connectivity index (χ1v) is 10.7. The fourth-order valence-electron chi connectivity index (χ4n) is 2.93. The molecule has 8 heteroatoms. The van der Waals surface area contributed by atoms with E-state index in [2.05, 4.69) is 17.0 Å². The molecule has 0 unspecified atom stereocenters. The highest BCUT2D eigenvalue weighted by molar-refractivity contribution is 7.89. The van der Waals surface area contributed by atoms with E-state index in [1.54, 1.807) is 19.1 Å². The van der Waals surface area contributed by atoms with Gasteiger partial charge in [-0.3, -0.25) is 4.79 Å². The molecule has 1 aromatic rings. The van der Waals surface area contributed by atoms with E-state index >= 15 is 0 Å². The maximum absolute atomic E-state index is 12.6. The zero-order chi connectivity index (χ0) is 18.3. The standard InChI is InChI=1S/C18H29N3O3S.ClH/c1-3-19-13-16-9-11-21(12-10-16)18(22)17-7-5-15(6-8-17)14-20-25(23,24)4-2;/h5-8,16,19-20H,3-4,9-14H2,1-2H3;1H. The lowest BCUT2D eigenvalue weighted by Gasteiger charge is -2.32. The Kier molecular flexibility index (Phi) is 9.57. The summed E-state index contributed by atoms with van der Waals surface area (Å²) < 4.78 is 25.5. The van der Waals surface area contributed by atoms with Gasteiger partial charge in [0.25, 0.3) is 5.91 Å². The first kappa shape index (κ1) is 22.9. The summed E-state index contributed by atoms with van der Waals surface area (Å²) in [7, 11) is -3.20. The van der Waals surface area contributed by atoms with Crippen molar-refractivity contribution in [3.05, 3.63) is 35.4 Å². The summed E-state index contributed by atoms with van der Waals surface area (Å²) in [5.41, 5.74) is 1.50. The lowest BCUT2D eigenvalue weighted by Crippen LogP contribution is -2.40. The fourth-order valence-corrected chi connectivity index (χ4v) is 3.52. The van der Waals surface area contributed by atoms with Crippen molar-refractivity contribution < 1.29 is 13.2 Å². The molecule has 2 rings (SSSR count). The van der Waals surface area contributed by atoms with Crippen LogP contribution < -0.4 is 10.0 Å². The Morgan fingerprint density at radius 3 is 2.31 bits per heavy atom. The lowest BCUT2D eigenvalue weighted by atomic mass is 9.96. The van der Waals surface area contributed by atoms with Gasteiger partial charge in [-0.15, -0.1) is 12.4 Å². The van der Waals surface area contributed by atoms with Crippen molar-refractivity contribution in [3.63, 3.8) is 0 Å². The van der Waals surface area contributed by atoms with Crippen LogP contribution in [0.1, 0.15) is 42.6 Å². The smallest absolute Gasteiger partial charge is 0.253 e. The number of halogens is 1. The Morgan fingerprint density at radius 1 is 1.15 bits per heavy atom. The summed E-state index contributed by atoms with van der Waals surface area (Å²) >= 11 is 0. The summed E-state index contributed by atoms with van der Waals surface area (Å²) in [5, 5.41) is 3.37. The van der Waals surface area contributed by atoms with Crippen LogP contribution >= 0.6 is 12.4 Å². The fraction of sp³-hybridized carbons (Fsp3) is 0.611. The van der Waals surface area contributed by atoms with Crippen molar-refractivity contribution in [2.24, 2.45) is 5.92 Å². The summed E-state index contributed by atoms with van der Waals surface area (Å²) in [4.78, 5) is 14.5. The SMILES string of the molecule is CCNCC1CCN(C(=O)c2ccc(CNS(=O)(=O)CC)cc2)CC1.Cl. The predicted octanol–water partition coefficient (Wildman–Crippen LogP) is 2.01. The number of amides is 1. The highest BCUT2D eigenvalue weighted by Crippen LogP contribution is 2.18. The number of hydrogen-bond donors (Lipinski definition) is 2. The predicted molar refractivity (Wildman–Crippen MR) is 107 cm³/mol. The van der Waals surface area contributed by atoms with Crippen molar-refractivity contribution in [1.29, 1.82) is 0 Å². The number of sulfonamides is 1. The van der Waals surface area contributed by atoms with Crippen LogP contribution in [0.5, 0.6) is 0 Å². The van der Waals surface area contributed by atoms with E-state index in [0.29, 0.717) is 11.5 Å². The maximum Gasteiger partial charge on any atom is 0.253 e. The highest BCUT2D eigenvalue weighted by atomic mass is 35.5. The molecule has 148 valence electrons. The van der Waals surface area contributed by atoms with Crippen LogP contribution in [0.3, 0.4) is 0 Å². The number of likely N-dealkylation sites (tertiary alicyclic amines) is 1. The first-order chi connectivity index (χ1) is 11.9. The van der Waals surface area contributed by atoms with E-state index in [1.165, 1.54) is 0 Å². The third-order valence-electron chi connectivity index (χ3n) is 4.66. The molecule has 1 aliphatic rings. The molecule has 1 aliphatic heterocycles. The van der Waals surface area contributed by atoms with E-state index < -0.39 is 10.0 Å². The molecule has 0 atom stereocenters. The molecule has 6 nitrogen and oxygen atoms in total. The normalized spacial score (nSPS) is 15.5. The maximum atomic E-state index is 12.6. The van der Waals surface area contributed by atoms with E-state index in [-0.39, 0.29) is 30.6 Å². The van der Waals surface area contributed by atoms with Crippen LogP contribution in [0.4, 0.5) is 0 Å². The van der Waals surface area contributed by atoms with Crippen molar-refractivity contribution in [1.82, 2.24) is 14.9 Å². The molecule has 0 spiro atoms. The number of carbonyl (C=O) groups is 1. The van der Waals surface area contributed by atoms with Gasteiger partial charge in [0.1, 0.15) is 0 Å². The van der Waals surface area contributed by atoms with Crippen LogP contribution in [0.25, 0.3) is 0 Å². The molecule has 0 aromatic heterocycles. The van der Waals surface area contributed by atoms with Gasteiger partial charge in [-0.05, 0) is 56.5 Å². The number of piperidine rings is 1. The summed E-state index contributed by atoms with van der Waals surface area (Å²) in [6, 6.07) is 7.18. The van der Waals surface area contributed by atoms with Gasteiger partial charge in [0.15, 0.2) is 0 Å². The molecule has 0 saturated carbocycles. The third-order valence-corrected chi connectivity index (χ3v) is 6.01. The summed E-state index contributed by atoms with van der Waals surface area (Å²) in [5.74, 6) is 0.772. The Balaban J connectivity index is 0.00000338. The number of carbonyl (C=O) groups excluding carboxylic acids is 1. The molecule has 1 heterocycles. The first-order valence-electron chi connectivity index (χ1n) is 9.01. The van der Waals surface area contributed by atoms with Crippen molar-refractivity contribution in [2.45, 2.75) is 33.2 Å². The van der Waals surface area contributed by atoms with Crippen molar-refractivity contribution in [2.75, 3.05) is 31.9 Å². The second-order valence-electron chi connectivity index (χ2n) is 6.46. The minimum Gasteiger partial charge on any atom is -0.339 e. The number of nitrogens with zero attached hydrogens (tertiary/aromatic N) is 1. The van der Waals surface area contributed by atoms with Gasteiger partial charge in [0, 0.05) is 25.2 Å². The molecule has 0 radical (unpaired) electrons. The Labute approximate surface area is 163 Å². The second-order valence-corrected chi connectivity index (χ2v) is 8.56. The topological polar surface area (TPSA) is 78.5 Å². The number of rotatable bonds is 8. The average Bonchev–Trinajstić information content (AvgIpc) is 2.65. The molecule has 26 heavy (non-hydrogen) atoms. The van der Waals surface area contributed by atoms with E-state index in [9.17, 15) is 13.2 Å². The van der Waals surface area contributed by atoms with Gasteiger partial charge in [-0.2, -0.15) is 0 Å². The van der Waals surface area contributed by atoms with Gasteiger partial charge in [0.05, 0.1) is 5.75 Å². The Hall–Kier alpha value is -1.15. The van der Waals surface area contributed by atoms with E-state index in [1.807, 2.05) is 17.0 Å². The van der Waals surface area contributed by atoms with Gasteiger partial charge < -0.3 is 10.2 Å². The van der Waals surface area contributed by atoms with Crippen molar-refractivity contribution >= 4 is 28.3 Å². The third kappa shape index (κ3) is 6.87.